The Labute approximate surface area is 177 Å². The molecule has 30 heavy (non-hydrogen) atoms. The molecule has 1 aromatic carbocycles. The average molecular weight is 441 g/mol. The van der Waals surface area contributed by atoms with Crippen LogP contribution < -0.4 is 0 Å². The molecule has 9 nitrogen and oxygen atoms in total. The third-order valence-electron chi connectivity index (χ3n) is 4.93. The fourth-order valence-electron chi connectivity index (χ4n) is 3.11. The van der Waals surface area contributed by atoms with Crippen LogP contribution in [0.4, 0.5) is 0 Å². The van der Waals surface area contributed by atoms with E-state index in [9.17, 15) is 22.8 Å². The third-order valence-corrected chi connectivity index (χ3v) is 6.76. The summed E-state index contributed by atoms with van der Waals surface area (Å²) in [6, 6.07) is 5.33. The van der Waals surface area contributed by atoms with Crippen molar-refractivity contribution >= 4 is 27.9 Å². The molecule has 1 saturated heterocycles. The second kappa shape index (κ2) is 10.0. The molecule has 0 saturated carbocycles. The minimum atomic E-state index is -3.60. The predicted octanol–water partition coefficient (Wildman–Crippen LogP) is 1.28. The van der Waals surface area contributed by atoms with Crippen LogP contribution in [-0.4, -0.2) is 75.4 Å². The Morgan fingerprint density at radius 2 is 1.70 bits per heavy atom. The summed E-state index contributed by atoms with van der Waals surface area (Å²) in [5, 5.41) is 0. The first-order valence-corrected chi connectivity index (χ1v) is 11.2. The van der Waals surface area contributed by atoms with Gasteiger partial charge in [-0.3, -0.25) is 9.59 Å². The number of hydrogen-bond donors (Lipinski definition) is 0. The van der Waals surface area contributed by atoms with Gasteiger partial charge in [0.25, 0.3) is 5.91 Å². The van der Waals surface area contributed by atoms with Crippen LogP contribution in [0.2, 0.25) is 0 Å². The van der Waals surface area contributed by atoms with Gasteiger partial charge in [-0.15, -0.1) is 0 Å². The standard InChI is InChI=1S/C20H28N2O7S/c1-5-28-19(24)16-10-12-22(13-11-16)18(23)14(2)29-20(25)15-6-8-17(9-7-15)30(26,27)21(3)4/h6-9,14,16H,5,10-13H2,1-4H3/t14-/m0/s1. The van der Waals surface area contributed by atoms with E-state index in [0.29, 0.717) is 32.5 Å². The summed E-state index contributed by atoms with van der Waals surface area (Å²) in [4.78, 5) is 38.3. The number of hydrogen-bond acceptors (Lipinski definition) is 7. The zero-order valence-corrected chi connectivity index (χ0v) is 18.5. The normalized spacial score (nSPS) is 16.2. The van der Waals surface area contributed by atoms with Crippen molar-refractivity contribution in [3.63, 3.8) is 0 Å². The van der Waals surface area contributed by atoms with Crippen molar-refractivity contribution in [2.24, 2.45) is 5.92 Å². The van der Waals surface area contributed by atoms with E-state index in [0.717, 1.165) is 4.31 Å². The Kier molecular flexibility index (Phi) is 7.96. The summed E-state index contributed by atoms with van der Waals surface area (Å²) in [5.74, 6) is -1.52. The van der Waals surface area contributed by atoms with E-state index in [1.165, 1.54) is 45.3 Å². The lowest BCUT2D eigenvalue weighted by molar-refractivity contribution is -0.152. The molecular formula is C20H28N2O7S. The van der Waals surface area contributed by atoms with Crippen LogP contribution in [0.3, 0.4) is 0 Å². The molecule has 0 bridgehead atoms. The van der Waals surface area contributed by atoms with Gasteiger partial charge in [0.15, 0.2) is 6.10 Å². The highest BCUT2D eigenvalue weighted by Crippen LogP contribution is 2.20. The van der Waals surface area contributed by atoms with Crippen molar-refractivity contribution in [2.75, 3.05) is 33.8 Å². The number of sulfonamides is 1. The molecule has 1 heterocycles. The fraction of sp³-hybridized carbons (Fsp3) is 0.550. The Balaban J connectivity index is 1.93. The molecule has 1 atom stereocenters. The highest BCUT2D eigenvalue weighted by Gasteiger charge is 2.31. The molecule has 1 aliphatic heterocycles. The maximum absolute atomic E-state index is 12.6. The van der Waals surface area contributed by atoms with Crippen LogP contribution in [0.25, 0.3) is 0 Å². The van der Waals surface area contributed by atoms with E-state index in [1.54, 1.807) is 11.8 Å². The van der Waals surface area contributed by atoms with E-state index < -0.39 is 22.1 Å². The minimum absolute atomic E-state index is 0.0534. The molecule has 1 fully saturated rings. The lowest BCUT2D eigenvalue weighted by Gasteiger charge is -2.32. The number of piperidine rings is 1. The second-order valence-electron chi connectivity index (χ2n) is 7.21. The quantitative estimate of drug-likeness (QED) is 0.588. The summed E-state index contributed by atoms with van der Waals surface area (Å²) >= 11 is 0. The molecule has 1 aromatic rings. The number of esters is 2. The molecule has 10 heteroatoms. The number of ether oxygens (including phenoxy) is 2. The molecule has 166 valence electrons. The van der Waals surface area contributed by atoms with E-state index in [-0.39, 0.29) is 28.3 Å². The van der Waals surface area contributed by atoms with Crippen LogP contribution >= 0.6 is 0 Å². The Morgan fingerprint density at radius 1 is 1.13 bits per heavy atom. The first-order valence-electron chi connectivity index (χ1n) is 9.77. The Bertz CT molecular complexity index is 873. The van der Waals surface area contributed by atoms with Crippen LogP contribution in [0, 0.1) is 5.92 Å². The highest BCUT2D eigenvalue weighted by atomic mass is 32.2. The maximum atomic E-state index is 12.6. The van der Waals surface area contributed by atoms with Crippen molar-refractivity contribution in [3.05, 3.63) is 29.8 Å². The molecule has 0 N–H and O–H groups in total. The molecule has 0 spiro atoms. The minimum Gasteiger partial charge on any atom is -0.466 e. The molecule has 1 amide bonds. The summed E-state index contributed by atoms with van der Waals surface area (Å²) in [6.07, 6.45) is 0.0157. The van der Waals surface area contributed by atoms with Gasteiger partial charge in [-0.25, -0.2) is 17.5 Å². The van der Waals surface area contributed by atoms with Gasteiger partial charge in [0.05, 0.1) is 23.0 Å². The number of benzene rings is 1. The molecule has 0 radical (unpaired) electrons. The van der Waals surface area contributed by atoms with Crippen molar-refractivity contribution in [3.8, 4) is 0 Å². The molecule has 0 aliphatic carbocycles. The topological polar surface area (TPSA) is 110 Å². The number of rotatable bonds is 7. The zero-order chi connectivity index (χ0) is 22.5. The summed E-state index contributed by atoms with van der Waals surface area (Å²) < 4.78 is 35.5. The lowest BCUT2D eigenvalue weighted by Crippen LogP contribution is -2.45. The van der Waals surface area contributed by atoms with Gasteiger partial charge in [0.2, 0.25) is 10.0 Å². The average Bonchev–Trinajstić information content (AvgIpc) is 2.73. The molecule has 1 aliphatic rings. The Hall–Kier alpha value is -2.46. The van der Waals surface area contributed by atoms with Gasteiger partial charge in [0.1, 0.15) is 0 Å². The first-order chi connectivity index (χ1) is 14.1. The van der Waals surface area contributed by atoms with Gasteiger partial charge in [-0.2, -0.15) is 0 Å². The van der Waals surface area contributed by atoms with Gasteiger partial charge in [0, 0.05) is 27.2 Å². The van der Waals surface area contributed by atoms with Crippen LogP contribution in [-0.2, 0) is 29.1 Å². The predicted molar refractivity (Wildman–Crippen MR) is 108 cm³/mol. The molecule has 0 aromatic heterocycles. The second-order valence-corrected chi connectivity index (χ2v) is 9.36. The van der Waals surface area contributed by atoms with Crippen LogP contribution in [0.5, 0.6) is 0 Å². The highest BCUT2D eigenvalue weighted by molar-refractivity contribution is 7.89. The summed E-state index contributed by atoms with van der Waals surface area (Å²) in [7, 11) is -0.763. The molecule has 2 rings (SSSR count). The van der Waals surface area contributed by atoms with Crippen LogP contribution in [0.1, 0.15) is 37.0 Å². The molecule has 0 unspecified atom stereocenters. The van der Waals surface area contributed by atoms with Crippen molar-refractivity contribution in [1.82, 2.24) is 9.21 Å². The monoisotopic (exact) mass is 440 g/mol. The van der Waals surface area contributed by atoms with Gasteiger partial charge in [-0.1, -0.05) is 0 Å². The SMILES string of the molecule is CCOC(=O)C1CCN(C(=O)[C@H](C)OC(=O)c2ccc(S(=O)(=O)N(C)C)cc2)CC1. The van der Waals surface area contributed by atoms with E-state index in [2.05, 4.69) is 0 Å². The first kappa shape index (κ1) is 23.8. The number of likely N-dealkylation sites (tertiary alicyclic amines) is 1. The lowest BCUT2D eigenvalue weighted by atomic mass is 9.97. The number of amides is 1. The van der Waals surface area contributed by atoms with E-state index in [1.807, 2.05) is 0 Å². The number of carbonyl (C=O) groups is 3. The summed E-state index contributed by atoms with van der Waals surface area (Å²) in [5.41, 5.74) is 0.147. The van der Waals surface area contributed by atoms with Gasteiger partial charge in [-0.05, 0) is 51.0 Å². The van der Waals surface area contributed by atoms with Crippen molar-refractivity contribution < 1.29 is 32.3 Å². The zero-order valence-electron chi connectivity index (χ0n) is 17.7. The van der Waals surface area contributed by atoms with Crippen molar-refractivity contribution in [2.45, 2.75) is 37.7 Å². The Morgan fingerprint density at radius 3 is 2.20 bits per heavy atom. The number of nitrogens with zero attached hydrogens (tertiary/aromatic N) is 2. The number of carbonyl (C=O) groups excluding carboxylic acids is 3. The van der Waals surface area contributed by atoms with Crippen LogP contribution in [0.15, 0.2) is 29.2 Å². The fourth-order valence-corrected chi connectivity index (χ4v) is 4.01. The van der Waals surface area contributed by atoms with E-state index >= 15 is 0 Å². The third kappa shape index (κ3) is 5.57. The van der Waals surface area contributed by atoms with Gasteiger partial charge >= 0.3 is 11.9 Å². The summed E-state index contributed by atoms with van der Waals surface area (Å²) in [6.45, 7) is 4.35. The largest absolute Gasteiger partial charge is 0.466 e. The van der Waals surface area contributed by atoms with E-state index in [4.69, 9.17) is 9.47 Å². The smallest absolute Gasteiger partial charge is 0.338 e. The van der Waals surface area contributed by atoms with Gasteiger partial charge < -0.3 is 14.4 Å². The molecular weight excluding hydrogens is 412 g/mol. The van der Waals surface area contributed by atoms with Crippen molar-refractivity contribution in [1.29, 1.82) is 0 Å². The maximum Gasteiger partial charge on any atom is 0.338 e.